The zero-order valence-corrected chi connectivity index (χ0v) is 12.8. The van der Waals surface area contributed by atoms with E-state index in [1.54, 1.807) is 30.1 Å². The molecule has 25 heavy (non-hydrogen) atoms. The molecule has 0 fully saturated rings. The number of nitrogens with one attached hydrogen (secondary N) is 1. The molecule has 0 bridgehead atoms. The van der Waals surface area contributed by atoms with Crippen LogP contribution in [-0.4, -0.2) is 27.1 Å². The van der Waals surface area contributed by atoms with Crippen molar-refractivity contribution < 1.29 is 27.8 Å². The van der Waals surface area contributed by atoms with Crippen molar-refractivity contribution in [1.82, 2.24) is 9.55 Å². The second-order valence-corrected chi connectivity index (χ2v) is 5.25. The van der Waals surface area contributed by atoms with E-state index in [0.29, 0.717) is 27.8 Å². The van der Waals surface area contributed by atoms with Crippen LogP contribution in [0.25, 0.3) is 22.2 Å². The van der Waals surface area contributed by atoms with Gasteiger partial charge < -0.3 is 14.4 Å². The molecular weight excluding hydrogens is 339 g/mol. The predicted octanol–water partition coefficient (Wildman–Crippen LogP) is 4.23. The molecule has 2 N–H and O–H groups in total. The van der Waals surface area contributed by atoms with Gasteiger partial charge in [0.15, 0.2) is 0 Å². The maximum Gasteiger partial charge on any atom is 0.573 e. The molecule has 0 spiro atoms. The number of alkyl halides is 3. The molecule has 1 aromatic heterocycles. The fraction of sp³-hybridized carbons (Fsp3) is 0.125. The zero-order chi connectivity index (χ0) is 18.2. The van der Waals surface area contributed by atoms with E-state index in [0.717, 1.165) is 0 Å². The second-order valence-electron chi connectivity index (χ2n) is 5.25. The Morgan fingerprint density at radius 1 is 1.24 bits per heavy atom. The Kier molecular flexibility index (Phi) is 3.99. The van der Waals surface area contributed by atoms with Gasteiger partial charge in [-0.2, -0.15) is 0 Å². The van der Waals surface area contributed by atoms with Crippen molar-refractivity contribution in [2.24, 2.45) is 7.05 Å². The van der Waals surface area contributed by atoms with Gasteiger partial charge in [0.05, 0.1) is 17.4 Å². The maximum atomic E-state index is 12.3. The SMILES string of the molecule is Cn1cnc2c(-c3ccc(OC(F)(F)F)cc3)cc(NC(=O)O)cc21. The maximum absolute atomic E-state index is 12.3. The Morgan fingerprint density at radius 2 is 1.92 bits per heavy atom. The summed E-state index contributed by atoms with van der Waals surface area (Å²) in [5, 5.41) is 11.2. The number of nitrogens with zero attached hydrogens (tertiary/aromatic N) is 2. The van der Waals surface area contributed by atoms with Crippen LogP contribution < -0.4 is 10.1 Å². The van der Waals surface area contributed by atoms with Gasteiger partial charge in [-0.1, -0.05) is 12.1 Å². The molecule has 9 heteroatoms. The molecule has 0 saturated heterocycles. The standard InChI is InChI=1S/C16H12F3N3O3/c1-22-8-20-14-12(6-10(7-13(14)22)21-15(23)24)9-2-4-11(5-3-9)25-16(17,18)19/h2-8,21H,1H3,(H,23,24). The van der Waals surface area contributed by atoms with Crippen molar-refractivity contribution in [3.05, 3.63) is 42.7 Å². The number of ether oxygens (including phenoxy) is 1. The molecule has 0 unspecified atom stereocenters. The molecular formula is C16H12F3N3O3. The third kappa shape index (κ3) is 3.65. The van der Waals surface area contributed by atoms with Gasteiger partial charge >= 0.3 is 12.5 Å². The Labute approximate surface area is 139 Å². The number of carboxylic acid groups (broad SMARTS) is 1. The van der Waals surface area contributed by atoms with Crippen molar-refractivity contribution in [3.8, 4) is 16.9 Å². The number of fused-ring (bicyclic) bond motifs is 1. The van der Waals surface area contributed by atoms with E-state index in [2.05, 4.69) is 15.0 Å². The highest BCUT2D eigenvalue weighted by Crippen LogP contribution is 2.33. The number of imidazole rings is 1. The minimum atomic E-state index is -4.76. The van der Waals surface area contributed by atoms with Gasteiger partial charge in [0, 0.05) is 18.3 Å². The molecule has 1 heterocycles. The summed E-state index contributed by atoms with van der Waals surface area (Å²) < 4.78 is 42.3. The topological polar surface area (TPSA) is 76.4 Å². The van der Waals surface area contributed by atoms with Crippen LogP contribution in [0.1, 0.15) is 0 Å². The monoisotopic (exact) mass is 351 g/mol. The van der Waals surface area contributed by atoms with Gasteiger partial charge in [0.25, 0.3) is 0 Å². The first-order valence-electron chi connectivity index (χ1n) is 7.04. The first-order valence-corrected chi connectivity index (χ1v) is 7.04. The fourth-order valence-electron chi connectivity index (χ4n) is 2.48. The van der Waals surface area contributed by atoms with Crippen LogP contribution in [0.5, 0.6) is 5.75 Å². The average molecular weight is 351 g/mol. The minimum absolute atomic E-state index is 0.328. The van der Waals surface area contributed by atoms with E-state index < -0.39 is 12.5 Å². The number of amides is 1. The highest BCUT2D eigenvalue weighted by Gasteiger charge is 2.31. The van der Waals surface area contributed by atoms with Crippen LogP contribution in [0.2, 0.25) is 0 Å². The first-order chi connectivity index (χ1) is 11.7. The van der Waals surface area contributed by atoms with Crippen molar-refractivity contribution >= 4 is 22.8 Å². The van der Waals surface area contributed by atoms with Crippen molar-refractivity contribution in [2.75, 3.05) is 5.32 Å². The predicted molar refractivity (Wildman–Crippen MR) is 84.5 cm³/mol. The third-order valence-corrected chi connectivity index (χ3v) is 3.48. The summed E-state index contributed by atoms with van der Waals surface area (Å²) in [6.07, 6.45) is -4.41. The fourth-order valence-corrected chi connectivity index (χ4v) is 2.48. The van der Waals surface area contributed by atoms with E-state index in [1.165, 1.54) is 24.3 Å². The van der Waals surface area contributed by atoms with Crippen LogP contribution in [0, 0.1) is 0 Å². The van der Waals surface area contributed by atoms with Crippen molar-refractivity contribution in [1.29, 1.82) is 0 Å². The molecule has 130 valence electrons. The quantitative estimate of drug-likeness (QED) is 0.740. The third-order valence-electron chi connectivity index (χ3n) is 3.48. The highest BCUT2D eigenvalue weighted by atomic mass is 19.4. The van der Waals surface area contributed by atoms with Gasteiger partial charge in [0.1, 0.15) is 5.75 Å². The van der Waals surface area contributed by atoms with E-state index >= 15 is 0 Å². The second kappa shape index (κ2) is 6.00. The number of carbonyl (C=O) groups is 1. The lowest BCUT2D eigenvalue weighted by Crippen LogP contribution is -2.16. The highest BCUT2D eigenvalue weighted by molar-refractivity contribution is 5.97. The van der Waals surface area contributed by atoms with Gasteiger partial charge in [-0.3, -0.25) is 5.32 Å². The minimum Gasteiger partial charge on any atom is -0.465 e. The van der Waals surface area contributed by atoms with E-state index in [1.807, 2.05) is 0 Å². The zero-order valence-electron chi connectivity index (χ0n) is 12.8. The molecule has 2 aromatic carbocycles. The number of hydrogen-bond donors (Lipinski definition) is 2. The summed E-state index contributed by atoms with van der Waals surface area (Å²) in [5.41, 5.74) is 2.77. The molecule has 0 saturated carbocycles. The number of aryl methyl sites for hydroxylation is 1. The van der Waals surface area contributed by atoms with Gasteiger partial charge in [-0.15, -0.1) is 13.2 Å². The van der Waals surface area contributed by atoms with Gasteiger partial charge in [-0.25, -0.2) is 9.78 Å². The molecule has 0 aliphatic heterocycles. The Bertz CT molecular complexity index is 933. The summed E-state index contributed by atoms with van der Waals surface area (Å²) >= 11 is 0. The molecule has 1 amide bonds. The van der Waals surface area contributed by atoms with Crippen LogP contribution in [0.3, 0.4) is 0 Å². The molecule has 3 aromatic rings. The summed E-state index contributed by atoms with van der Waals surface area (Å²) in [4.78, 5) is 15.2. The number of hydrogen-bond acceptors (Lipinski definition) is 3. The first kappa shape index (κ1) is 16.6. The van der Waals surface area contributed by atoms with E-state index in [-0.39, 0.29) is 5.75 Å². The van der Waals surface area contributed by atoms with Gasteiger partial charge in [0.2, 0.25) is 0 Å². The smallest absolute Gasteiger partial charge is 0.465 e. The Hall–Kier alpha value is -3.23. The van der Waals surface area contributed by atoms with Crippen LogP contribution in [-0.2, 0) is 7.05 Å². The van der Waals surface area contributed by atoms with Crippen molar-refractivity contribution in [2.45, 2.75) is 6.36 Å². The summed E-state index contributed by atoms with van der Waals surface area (Å²) in [6.45, 7) is 0. The average Bonchev–Trinajstić information content (AvgIpc) is 2.87. The summed E-state index contributed by atoms with van der Waals surface area (Å²) in [7, 11) is 1.75. The lowest BCUT2D eigenvalue weighted by Gasteiger charge is -2.11. The normalized spacial score (nSPS) is 11.5. The lowest BCUT2D eigenvalue weighted by molar-refractivity contribution is -0.274. The summed E-state index contributed by atoms with van der Waals surface area (Å²) in [6, 6.07) is 8.48. The number of benzene rings is 2. The Balaban J connectivity index is 2.06. The summed E-state index contributed by atoms with van der Waals surface area (Å²) in [5.74, 6) is -0.340. The number of rotatable bonds is 3. The van der Waals surface area contributed by atoms with Crippen molar-refractivity contribution in [3.63, 3.8) is 0 Å². The number of aromatic nitrogens is 2. The Morgan fingerprint density at radius 3 is 2.52 bits per heavy atom. The molecule has 0 atom stereocenters. The van der Waals surface area contributed by atoms with E-state index in [4.69, 9.17) is 5.11 Å². The molecule has 3 rings (SSSR count). The number of halogens is 3. The lowest BCUT2D eigenvalue weighted by atomic mass is 10.0. The largest absolute Gasteiger partial charge is 0.573 e. The molecule has 0 radical (unpaired) electrons. The molecule has 6 nitrogen and oxygen atoms in total. The van der Waals surface area contributed by atoms with Crippen LogP contribution in [0.15, 0.2) is 42.7 Å². The number of anilines is 1. The van der Waals surface area contributed by atoms with E-state index in [9.17, 15) is 18.0 Å². The van der Waals surface area contributed by atoms with Gasteiger partial charge in [-0.05, 0) is 29.8 Å². The van der Waals surface area contributed by atoms with Crippen LogP contribution >= 0.6 is 0 Å². The van der Waals surface area contributed by atoms with Crippen LogP contribution in [0.4, 0.5) is 23.7 Å². The molecule has 0 aliphatic carbocycles. The molecule has 0 aliphatic rings.